The van der Waals surface area contributed by atoms with Gasteiger partial charge in [0.05, 0.1) is 48.3 Å². The second-order valence-electron chi connectivity index (χ2n) is 20.5. The molecule has 0 radical (unpaired) electrons. The van der Waals surface area contributed by atoms with Crippen molar-refractivity contribution in [2.45, 2.75) is 185 Å². The van der Waals surface area contributed by atoms with Crippen LogP contribution in [0, 0.1) is 34.5 Å². The molecule has 59 heavy (non-hydrogen) atoms. The second kappa shape index (κ2) is 17.4. The van der Waals surface area contributed by atoms with Crippen LogP contribution in [0.5, 0.6) is 0 Å². The van der Waals surface area contributed by atoms with Gasteiger partial charge in [-0.25, -0.2) is 4.79 Å². The van der Waals surface area contributed by atoms with E-state index in [2.05, 4.69) is 44.7 Å². The summed E-state index contributed by atoms with van der Waals surface area (Å²) in [6.07, 6.45) is 3.09. The van der Waals surface area contributed by atoms with Crippen LogP contribution in [-0.4, -0.2) is 162 Å². The summed E-state index contributed by atoms with van der Waals surface area (Å²) < 4.78 is 43.4. The molecule has 0 aromatic carbocycles. The summed E-state index contributed by atoms with van der Waals surface area (Å²) in [4.78, 5) is 16.5. The van der Waals surface area contributed by atoms with Gasteiger partial charge in [0.15, 0.2) is 18.9 Å². The van der Waals surface area contributed by atoms with Gasteiger partial charge in [0.2, 0.25) is 0 Å². The Bertz CT molecular complexity index is 1490. The first-order chi connectivity index (χ1) is 28.0. The molecule has 4 heterocycles. The summed E-state index contributed by atoms with van der Waals surface area (Å²) in [7, 11) is 4.15. The molecule has 19 atom stereocenters. The topological polar surface area (TPSA) is 169 Å². The minimum Gasteiger partial charge on any atom is -0.458 e. The van der Waals surface area contributed by atoms with E-state index in [1.165, 1.54) is 0 Å². The SMILES string of the molecule is CC1CN(CCN(C)C)CCC(O[C@H]2[C@@H](O)C[C@H](O[C@H]3[C@@H](O)C[C@H](O[C@H]4CC[C@@]5(C)[C@H](CC[C@@H]6[C@@H]5C[C@@H](O)[C@]5(C)[C@@H](C7=CC(=O)OC7)CC[C@]65O)C4)O[C@@H]3C)O[C@@H]2C)O1. The van der Waals surface area contributed by atoms with Crippen molar-refractivity contribution in [2.75, 3.05) is 46.9 Å². The van der Waals surface area contributed by atoms with Crippen molar-refractivity contribution in [1.29, 1.82) is 0 Å². The predicted molar refractivity (Wildman–Crippen MR) is 216 cm³/mol. The summed E-state index contributed by atoms with van der Waals surface area (Å²) in [5, 5.41) is 47.2. The van der Waals surface area contributed by atoms with Gasteiger partial charge in [-0.2, -0.15) is 0 Å². The summed E-state index contributed by atoms with van der Waals surface area (Å²) in [6, 6.07) is 0. The summed E-state index contributed by atoms with van der Waals surface area (Å²) in [6.45, 7) is 14.1. The van der Waals surface area contributed by atoms with Crippen LogP contribution in [0.3, 0.4) is 0 Å². The number of carbonyl (C=O) groups is 1. The Kier molecular flexibility index (Phi) is 13.1. The Hall–Kier alpha value is -1.27. The number of likely N-dealkylation sites (N-methyl/N-ethyl adjacent to an activating group) is 1. The molecule has 0 amide bonds. The molecule has 2 unspecified atom stereocenters. The first kappa shape index (κ1) is 44.3. The van der Waals surface area contributed by atoms with Crippen molar-refractivity contribution in [2.24, 2.45) is 34.5 Å². The van der Waals surface area contributed by atoms with Crippen molar-refractivity contribution in [3.63, 3.8) is 0 Å². The van der Waals surface area contributed by atoms with Crippen LogP contribution in [0.15, 0.2) is 11.6 Å². The van der Waals surface area contributed by atoms with Crippen molar-refractivity contribution in [1.82, 2.24) is 9.80 Å². The third-order valence-corrected chi connectivity index (χ3v) is 16.7. The van der Waals surface area contributed by atoms with Crippen LogP contribution in [0.2, 0.25) is 0 Å². The first-order valence-electron chi connectivity index (χ1n) is 22.9. The van der Waals surface area contributed by atoms with Crippen molar-refractivity contribution < 1.29 is 58.4 Å². The number of ether oxygens (including phenoxy) is 7. The minimum atomic E-state index is -1.00. The summed E-state index contributed by atoms with van der Waals surface area (Å²) >= 11 is 0. The van der Waals surface area contributed by atoms with E-state index in [9.17, 15) is 25.2 Å². The predicted octanol–water partition coefficient (Wildman–Crippen LogP) is 3.36. The lowest BCUT2D eigenvalue weighted by Gasteiger charge is -2.65. The lowest BCUT2D eigenvalue weighted by molar-refractivity contribution is -0.329. The molecule has 0 spiro atoms. The van der Waals surface area contributed by atoms with E-state index in [0.29, 0.717) is 25.2 Å². The molecule has 0 aromatic rings. The standard InChI is InChI=1S/C45H74N2O12/c1-25-23-47(17-16-46(6)7)15-12-38(54-25)58-41-26(2)56-40(22-35(41)49)59-42-27(3)55-39(21-34(42)48)57-30-10-13-43(4)29(19-30)8-9-32-33(43)20-36(50)44(5)31(11-14-45(32,44)52)28-18-37(51)53-24-28/h18,25-27,29-36,38-42,48-50,52H,8-17,19-24H2,1-7H3/t25?,26-,27-,29-,30+,31-,32-,33+,34+,35+,36-,38?,39+,40+,41-,42-,43+,44+,45+/m1/s1. The van der Waals surface area contributed by atoms with Crippen LogP contribution >= 0.6 is 0 Å². The highest BCUT2D eigenvalue weighted by Crippen LogP contribution is 2.70. The molecule has 4 N–H and O–H groups in total. The molecule has 7 fully saturated rings. The fourth-order valence-corrected chi connectivity index (χ4v) is 13.4. The Morgan fingerprint density at radius 3 is 2.14 bits per heavy atom. The number of aliphatic hydroxyl groups excluding tert-OH is 3. The average molecular weight is 835 g/mol. The Morgan fingerprint density at radius 2 is 1.49 bits per heavy atom. The van der Waals surface area contributed by atoms with E-state index < -0.39 is 72.6 Å². The number of aliphatic hydroxyl groups is 4. The number of fused-ring (bicyclic) bond motifs is 5. The van der Waals surface area contributed by atoms with Crippen molar-refractivity contribution >= 4 is 5.97 Å². The molecule has 14 nitrogen and oxygen atoms in total. The molecule has 4 saturated carbocycles. The van der Waals surface area contributed by atoms with E-state index >= 15 is 0 Å². The lowest BCUT2D eigenvalue weighted by Crippen LogP contribution is -2.67. The molecule has 3 saturated heterocycles. The van der Waals surface area contributed by atoms with Crippen LogP contribution in [0.25, 0.3) is 0 Å². The molecule has 0 aromatic heterocycles. The zero-order valence-corrected chi connectivity index (χ0v) is 36.6. The van der Waals surface area contributed by atoms with Gasteiger partial charge in [0.25, 0.3) is 0 Å². The smallest absolute Gasteiger partial charge is 0.331 e. The van der Waals surface area contributed by atoms with Gasteiger partial charge in [-0.3, -0.25) is 4.90 Å². The molecule has 336 valence electrons. The molecule has 4 aliphatic carbocycles. The number of hydrogen-bond donors (Lipinski definition) is 4. The number of hydrogen-bond acceptors (Lipinski definition) is 14. The number of carbonyl (C=O) groups excluding carboxylic acids is 1. The first-order valence-corrected chi connectivity index (χ1v) is 22.9. The van der Waals surface area contributed by atoms with E-state index in [1.807, 2.05) is 13.8 Å². The van der Waals surface area contributed by atoms with E-state index in [1.54, 1.807) is 6.08 Å². The number of esters is 1. The summed E-state index contributed by atoms with van der Waals surface area (Å²) in [5.41, 5.74) is -0.841. The zero-order chi connectivity index (χ0) is 42.0. The Morgan fingerprint density at radius 1 is 0.814 bits per heavy atom. The molecule has 8 rings (SSSR count). The average Bonchev–Trinajstić information content (AvgIpc) is 3.66. The molecule has 0 bridgehead atoms. The summed E-state index contributed by atoms with van der Waals surface area (Å²) in [5.74, 6) is 0.273. The highest BCUT2D eigenvalue weighted by atomic mass is 16.7. The fraction of sp³-hybridized carbons (Fsp3) is 0.933. The van der Waals surface area contributed by atoms with Gasteiger partial charge in [0.1, 0.15) is 18.8 Å². The minimum absolute atomic E-state index is 0.00360. The maximum absolute atomic E-state index is 12.6. The lowest BCUT2D eigenvalue weighted by atomic mass is 9.42. The number of cyclic esters (lactones) is 1. The highest BCUT2D eigenvalue weighted by molar-refractivity contribution is 5.85. The second-order valence-corrected chi connectivity index (χ2v) is 20.5. The molecule has 14 heteroatoms. The normalized spacial score (nSPS) is 50.7. The molecule has 8 aliphatic rings. The number of rotatable bonds is 10. The van der Waals surface area contributed by atoms with Crippen LogP contribution < -0.4 is 0 Å². The van der Waals surface area contributed by atoms with Gasteiger partial charge >= 0.3 is 5.97 Å². The van der Waals surface area contributed by atoms with E-state index in [-0.39, 0.29) is 60.8 Å². The van der Waals surface area contributed by atoms with Crippen LogP contribution in [0.1, 0.15) is 105 Å². The van der Waals surface area contributed by atoms with Gasteiger partial charge in [-0.05, 0) is 121 Å². The van der Waals surface area contributed by atoms with Crippen molar-refractivity contribution in [3.8, 4) is 0 Å². The monoisotopic (exact) mass is 835 g/mol. The Labute approximate surface area is 351 Å². The third kappa shape index (κ3) is 8.46. The third-order valence-electron chi connectivity index (χ3n) is 16.7. The fourth-order valence-electron chi connectivity index (χ4n) is 13.4. The van der Waals surface area contributed by atoms with Crippen LogP contribution in [0.4, 0.5) is 0 Å². The van der Waals surface area contributed by atoms with Gasteiger partial charge in [-0.1, -0.05) is 13.8 Å². The number of nitrogens with zero attached hydrogens (tertiary/aromatic N) is 2. The van der Waals surface area contributed by atoms with Gasteiger partial charge in [-0.15, -0.1) is 0 Å². The molecular weight excluding hydrogens is 760 g/mol. The maximum Gasteiger partial charge on any atom is 0.331 e. The van der Waals surface area contributed by atoms with Gasteiger partial charge < -0.3 is 58.5 Å². The molecule has 4 aliphatic heterocycles. The highest BCUT2D eigenvalue weighted by Gasteiger charge is 2.71. The van der Waals surface area contributed by atoms with Crippen LogP contribution in [-0.2, 0) is 38.0 Å². The van der Waals surface area contributed by atoms with E-state index in [0.717, 1.165) is 70.3 Å². The van der Waals surface area contributed by atoms with Gasteiger partial charge in [0, 0.05) is 56.9 Å². The van der Waals surface area contributed by atoms with E-state index in [4.69, 9.17) is 33.2 Å². The molecular formula is C45H74N2O12. The largest absolute Gasteiger partial charge is 0.458 e. The Balaban J connectivity index is 0.815. The van der Waals surface area contributed by atoms with Crippen molar-refractivity contribution in [3.05, 3.63) is 11.6 Å². The maximum atomic E-state index is 12.6. The zero-order valence-electron chi connectivity index (χ0n) is 36.6. The quantitative estimate of drug-likeness (QED) is 0.187.